The van der Waals surface area contributed by atoms with E-state index in [4.69, 9.17) is 14.7 Å². The minimum absolute atomic E-state index is 0.0769. The molecule has 1 rings (SSSR count). The summed E-state index contributed by atoms with van der Waals surface area (Å²) in [7, 11) is 0.0802. The normalized spacial score (nSPS) is 15.2. The largest absolute Gasteiger partial charge is 0.508 e. The summed E-state index contributed by atoms with van der Waals surface area (Å²) in [6, 6.07) is 4.36. The van der Waals surface area contributed by atoms with Crippen LogP contribution in [0.3, 0.4) is 0 Å². The van der Waals surface area contributed by atoms with Crippen molar-refractivity contribution >= 4 is 22.2 Å². The Morgan fingerprint density at radius 3 is 2.33 bits per heavy atom. The quantitative estimate of drug-likeness (QED) is 0.429. The summed E-state index contributed by atoms with van der Waals surface area (Å²) in [6.45, 7) is 10.1. The van der Waals surface area contributed by atoms with E-state index in [1.807, 2.05) is 0 Å². The number of rotatable bonds is 12. The van der Waals surface area contributed by atoms with Gasteiger partial charge in [-0.25, -0.2) is 0 Å². The van der Waals surface area contributed by atoms with Crippen LogP contribution in [-0.2, 0) is 24.9 Å². The van der Waals surface area contributed by atoms with Crippen LogP contribution in [0, 0.1) is 12.3 Å². The zero-order valence-corrected chi connectivity index (χ0v) is 19.9. The number of phenolic OH excluding ortho intramolecular Hbond substituents is 1. The molecule has 1 unspecified atom stereocenters. The first-order valence-electron chi connectivity index (χ1n) is 10.4. The first-order valence-corrected chi connectivity index (χ1v) is 12.4. The molecule has 0 aliphatic carbocycles. The molecule has 0 radical (unpaired) electrons. The number of esters is 1. The Morgan fingerprint density at radius 2 is 1.83 bits per heavy atom. The van der Waals surface area contributed by atoms with E-state index in [-0.39, 0.29) is 24.8 Å². The van der Waals surface area contributed by atoms with Gasteiger partial charge in [-0.05, 0) is 54.7 Å². The molecule has 30 heavy (non-hydrogen) atoms. The Hall–Kier alpha value is -1.77. The molecule has 8 heteroatoms. The fraction of sp³-hybridized carbons (Fsp3) is 0.636. The Morgan fingerprint density at radius 1 is 1.23 bits per heavy atom. The van der Waals surface area contributed by atoms with Gasteiger partial charge in [0.15, 0.2) is 0 Å². The smallest absolute Gasteiger partial charge is 0.315 e. The number of hydrogen-bond acceptors (Lipinski definition) is 6. The molecule has 0 aromatic heterocycles. The standard InChI is InChI=1S/C22H38N2O5S/c1-7-30(8-2,9-3)29-15-22(5,21(27)28-6)14-24-20(26)18(23)13-17-10-11-19(25)16(4)12-17/h10-12,18,25H,7-9,13-15,23H2,1-6H3,(H,24,26)/t18-,22?/m1/s1. The first kappa shape index (κ1) is 26.3. The van der Waals surface area contributed by atoms with Gasteiger partial charge in [-0.2, -0.15) is 0 Å². The van der Waals surface area contributed by atoms with Crippen LogP contribution in [0.25, 0.3) is 0 Å². The molecule has 1 aromatic carbocycles. The van der Waals surface area contributed by atoms with Gasteiger partial charge in [-0.15, -0.1) is 10.3 Å². The Balaban J connectivity index is 2.79. The minimum Gasteiger partial charge on any atom is -0.508 e. The summed E-state index contributed by atoms with van der Waals surface area (Å²) in [5.41, 5.74) is 6.64. The average Bonchev–Trinajstić information content (AvgIpc) is 2.75. The molecule has 4 N–H and O–H groups in total. The summed E-state index contributed by atoms with van der Waals surface area (Å²) in [5, 5.41) is 12.4. The monoisotopic (exact) mass is 442 g/mol. The molecule has 0 bridgehead atoms. The van der Waals surface area contributed by atoms with Crippen LogP contribution < -0.4 is 11.1 Å². The molecule has 172 valence electrons. The lowest BCUT2D eigenvalue weighted by Crippen LogP contribution is -2.49. The number of benzene rings is 1. The van der Waals surface area contributed by atoms with E-state index in [1.165, 1.54) is 7.11 Å². The van der Waals surface area contributed by atoms with Gasteiger partial charge in [-0.3, -0.25) is 9.59 Å². The van der Waals surface area contributed by atoms with Gasteiger partial charge in [0.25, 0.3) is 0 Å². The second kappa shape index (κ2) is 11.6. The fourth-order valence-corrected chi connectivity index (χ4v) is 5.39. The van der Waals surface area contributed by atoms with E-state index in [9.17, 15) is 14.7 Å². The summed E-state index contributed by atoms with van der Waals surface area (Å²) in [4.78, 5) is 25.0. The van der Waals surface area contributed by atoms with Crippen LogP contribution in [0.5, 0.6) is 5.75 Å². The molecule has 0 aliphatic heterocycles. The van der Waals surface area contributed by atoms with E-state index in [0.29, 0.717) is 6.42 Å². The van der Waals surface area contributed by atoms with Crippen LogP contribution in [0.1, 0.15) is 38.8 Å². The zero-order valence-electron chi connectivity index (χ0n) is 19.1. The van der Waals surface area contributed by atoms with Crippen molar-refractivity contribution in [3.63, 3.8) is 0 Å². The second-order valence-corrected chi connectivity index (χ2v) is 11.7. The van der Waals surface area contributed by atoms with Crippen molar-refractivity contribution < 1.29 is 23.6 Å². The van der Waals surface area contributed by atoms with Crippen LogP contribution in [0.4, 0.5) is 0 Å². The highest BCUT2D eigenvalue weighted by Crippen LogP contribution is 2.49. The van der Waals surface area contributed by atoms with Gasteiger partial charge in [0.2, 0.25) is 5.91 Å². The van der Waals surface area contributed by atoms with Gasteiger partial charge in [-0.1, -0.05) is 32.9 Å². The third-order valence-electron chi connectivity index (χ3n) is 5.59. The van der Waals surface area contributed by atoms with Crippen molar-refractivity contribution in [3.8, 4) is 5.75 Å². The van der Waals surface area contributed by atoms with E-state index >= 15 is 0 Å². The number of amides is 1. The predicted molar refractivity (Wildman–Crippen MR) is 123 cm³/mol. The van der Waals surface area contributed by atoms with Crippen molar-refractivity contribution in [2.24, 2.45) is 11.1 Å². The van der Waals surface area contributed by atoms with Crippen molar-refractivity contribution in [1.82, 2.24) is 5.32 Å². The van der Waals surface area contributed by atoms with Crippen LogP contribution >= 0.6 is 10.3 Å². The Kier molecular flexibility index (Phi) is 10.1. The van der Waals surface area contributed by atoms with Gasteiger partial charge >= 0.3 is 5.97 Å². The lowest BCUT2D eigenvalue weighted by molar-refractivity contribution is -0.153. The fourth-order valence-electron chi connectivity index (χ4n) is 3.15. The lowest BCUT2D eigenvalue weighted by Gasteiger charge is -2.40. The van der Waals surface area contributed by atoms with Crippen molar-refractivity contribution in [3.05, 3.63) is 29.3 Å². The van der Waals surface area contributed by atoms with Crippen LogP contribution in [0.2, 0.25) is 0 Å². The minimum atomic E-state index is -1.25. The maximum Gasteiger partial charge on any atom is 0.315 e. The van der Waals surface area contributed by atoms with Crippen LogP contribution in [-0.4, -0.2) is 60.5 Å². The van der Waals surface area contributed by atoms with Gasteiger partial charge in [0.1, 0.15) is 11.2 Å². The van der Waals surface area contributed by atoms with Gasteiger partial charge < -0.3 is 25.1 Å². The van der Waals surface area contributed by atoms with Crippen molar-refractivity contribution in [2.45, 2.75) is 47.1 Å². The third-order valence-corrected chi connectivity index (χ3v) is 9.36. The van der Waals surface area contributed by atoms with E-state index in [0.717, 1.165) is 28.4 Å². The molecule has 1 amide bonds. The molecular weight excluding hydrogens is 404 g/mol. The highest BCUT2D eigenvalue weighted by atomic mass is 32.3. The molecule has 0 heterocycles. The number of phenols is 1. The number of carbonyl (C=O) groups is 2. The number of ether oxygens (including phenoxy) is 1. The number of carbonyl (C=O) groups excluding carboxylic acids is 2. The number of methoxy groups -OCH3 is 1. The molecule has 0 spiro atoms. The van der Waals surface area contributed by atoms with Crippen molar-refractivity contribution in [2.75, 3.05) is 37.5 Å². The molecule has 0 saturated carbocycles. The molecule has 2 atom stereocenters. The average molecular weight is 443 g/mol. The molecule has 0 saturated heterocycles. The molecule has 1 aromatic rings. The zero-order chi connectivity index (χ0) is 22.9. The number of nitrogens with one attached hydrogen (secondary N) is 1. The van der Waals surface area contributed by atoms with Crippen molar-refractivity contribution in [1.29, 1.82) is 0 Å². The molecule has 7 nitrogen and oxygen atoms in total. The highest BCUT2D eigenvalue weighted by molar-refractivity contribution is 8.29. The maximum absolute atomic E-state index is 12.6. The molecule has 0 aliphatic rings. The summed E-state index contributed by atoms with van der Waals surface area (Å²) >= 11 is 0. The van der Waals surface area contributed by atoms with E-state index < -0.39 is 27.7 Å². The number of aromatic hydroxyl groups is 1. The Bertz CT molecular complexity index is 715. The molecular formula is C22H38N2O5S. The highest BCUT2D eigenvalue weighted by Gasteiger charge is 2.38. The summed E-state index contributed by atoms with van der Waals surface area (Å²) in [6.07, 6.45) is 0.327. The third kappa shape index (κ3) is 6.89. The number of aryl methyl sites for hydroxylation is 1. The number of nitrogens with two attached hydrogens (primary N) is 1. The summed E-state index contributed by atoms with van der Waals surface area (Å²) in [5.74, 6) is 2.18. The van der Waals surface area contributed by atoms with Gasteiger partial charge in [0.05, 0.1) is 19.8 Å². The lowest BCUT2D eigenvalue weighted by atomic mass is 9.91. The molecule has 0 fully saturated rings. The summed E-state index contributed by atoms with van der Waals surface area (Å²) < 4.78 is 11.2. The van der Waals surface area contributed by atoms with E-state index in [1.54, 1.807) is 32.0 Å². The SMILES string of the molecule is CCS(CC)(CC)OCC(C)(CNC(=O)[C@H](N)Cc1ccc(O)c(C)c1)C(=O)OC. The number of hydrogen-bond donors (Lipinski definition) is 3. The first-order chi connectivity index (χ1) is 14.1. The van der Waals surface area contributed by atoms with E-state index in [2.05, 4.69) is 26.1 Å². The van der Waals surface area contributed by atoms with Crippen LogP contribution in [0.15, 0.2) is 18.2 Å². The topological polar surface area (TPSA) is 111 Å². The Labute approximate surface area is 182 Å². The predicted octanol–water partition coefficient (Wildman–Crippen LogP) is 2.66. The second-order valence-electron chi connectivity index (χ2n) is 7.80. The maximum atomic E-state index is 12.6. The van der Waals surface area contributed by atoms with Gasteiger partial charge in [0, 0.05) is 6.54 Å².